The highest BCUT2D eigenvalue weighted by Crippen LogP contribution is 2.33. The number of rotatable bonds is 9. The molecule has 9 heteroatoms. The number of phenols is 1. The van der Waals surface area contributed by atoms with Crippen LogP contribution < -0.4 is 15.4 Å². The summed E-state index contributed by atoms with van der Waals surface area (Å²) in [6.07, 6.45) is 5.26. The van der Waals surface area contributed by atoms with Gasteiger partial charge in [-0.25, -0.2) is 4.79 Å². The molecule has 0 aliphatic heterocycles. The molecular weight excluding hydrogens is 486 g/mol. The quantitative estimate of drug-likeness (QED) is 0.323. The number of hydrogen-bond donors (Lipinski definition) is 3. The molecule has 2 atom stereocenters. The number of aryl methyl sites for hydroxylation is 1. The van der Waals surface area contributed by atoms with Gasteiger partial charge in [0.15, 0.2) is 6.04 Å². The third kappa shape index (κ3) is 8.17. The standard InChI is InChI=1S/C29H37N3O6/c1-9-32(27(35)23(17-18(2)3)31-28(36)38-29(5,6)7)24(22-12-10-11-19(4)25(22)33)26(34)30-20-13-15-21(37-8)16-14-20/h1,10-16,18,23-24,33H,17H2,2-8H3,(H,30,34)(H,31,36). The highest BCUT2D eigenvalue weighted by Gasteiger charge is 2.37. The van der Waals surface area contributed by atoms with Crippen LogP contribution in [0.15, 0.2) is 42.5 Å². The van der Waals surface area contributed by atoms with Crippen molar-refractivity contribution in [2.75, 3.05) is 12.4 Å². The van der Waals surface area contributed by atoms with Crippen molar-refractivity contribution in [1.29, 1.82) is 0 Å². The number of alkyl carbamates (subject to hydrolysis) is 1. The van der Waals surface area contributed by atoms with Crippen molar-refractivity contribution in [3.05, 3.63) is 53.6 Å². The Morgan fingerprint density at radius 3 is 2.26 bits per heavy atom. The molecule has 0 aromatic heterocycles. The molecule has 38 heavy (non-hydrogen) atoms. The molecule has 2 aromatic rings. The Bertz CT molecular complexity index is 1180. The topological polar surface area (TPSA) is 117 Å². The van der Waals surface area contributed by atoms with Crippen LogP contribution in [0.1, 0.15) is 58.2 Å². The number of nitrogens with one attached hydrogen (secondary N) is 2. The molecule has 0 fully saturated rings. The zero-order chi connectivity index (χ0) is 28.6. The van der Waals surface area contributed by atoms with Crippen molar-refractivity contribution in [3.8, 4) is 24.0 Å². The van der Waals surface area contributed by atoms with E-state index in [9.17, 15) is 19.5 Å². The summed E-state index contributed by atoms with van der Waals surface area (Å²) in [5, 5.41) is 16.2. The smallest absolute Gasteiger partial charge is 0.408 e. The summed E-state index contributed by atoms with van der Waals surface area (Å²) in [7, 11) is 1.53. The van der Waals surface area contributed by atoms with E-state index in [4.69, 9.17) is 15.9 Å². The van der Waals surface area contributed by atoms with Crippen LogP contribution in [0.5, 0.6) is 11.5 Å². The van der Waals surface area contributed by atoms with E-state index in [2.05, 4.69) is 16.7 Å². The fourth-order valence-corrected chi connectivity index (χ4v) is 3.76. The Morgan fingerprint density at radius 1 is 1.11 bits per heavy atom. The molecule has 2 rings (SSSR count). The van der Waals surface area contributed by atoms with Gasteiger partial charge in [-0.2, -0.15) is 0 Å². The molecule has 0 radical (unpaired) electrons. The van der Waals surface area contributed by atoms with E-state index in [1.807, 2.05) is 13.8 Å². The number of phenolic OH excluding ortho intramolecular Hbond substituents is 1. The summed E-state index contributed by atoms with van der Waals surface area (Å²) in [6, 6.07) is 11.3. The molecule has 3 amide bonds. The van der Waals surface area contributed by atoms with Gasteiger partial charge in [0.1, 0.15) is 23.1 Å². The van der Waals surface area contributed by atoms with Crippen molar-refractivity contribution < 1.29 is 29.0 Å². The lowest BCUT2D eigenvalue weighted by Crippen LogP contribution is -2.51. The highest BCUT2D eigenvalue weighted by molar-refractivity contribution is 6.00. The molecule has 2 aromatic carbocycles. The van der Waals surface area contributed by atoms with Gasteiger partial charge in [-0.05, 0) is 69.9 Å². The van der Waals surface area contributed by atoms with Gasteiger partial charge in [-0.15, -0.1) is 0 Å². The van der Waals surface area contributed by atoms with Crippen LogP contribution in [0.3, 0.4) is 0 Å². The van der Waals surface area contributed by atoms with Gasteiger partial charge in [0.2, 0.25) is 0 Å². The number of methoxy groups -OCH3 is 1. The van der Waals surface area contributed by atoms with Gasteiger partial charge in [0, 0.05) is 17.3 Å². The number of carbonyl (C=O) groups excluding carboxylic acids is 3. The molecule has 204 valence electrons. The summed E-state index contributed by atoms with van der Waals surface area (Å²) in [5.41, 5.74) is 0.292. The van der Waals surface area contributed by atoms with Crippen LogP contribution in [0.4, 0.5) is 10.5 Å². The molecule has 0 saturated carbocycles. The average molecular weight is 524 g/mol. The van der Waals surface area contributed by atoms with E-state index < -0.39 is 35.6 Å². The second-order valence-corrected chi connectivity index (χ2v) is 10.3. The number of carbonyl (C=O) groups is 3. The molecule has 9 nitrogen and oxygen atoms in total. The van der Waals surface area contributed by atoms with Crippen molar-refractivity contribution >= 4 is 23.6 Å². The number of nitrogens with zero attached hydrogens (tertiary/aromatic N) is 1. The summed E-state index contributed by atoms with van der Waals surface area (Å²) in [5.74, 6) is -0.916. The van der Waals surface area contributed by atoms with Crippen LogP contribution in [0, 0.1) is 25.3 Å². The lowest BCUT2D eigenvalue weighted by molar-refractivity contribution is -0.137. The number of ether oxygens (including phenoxy) is 2. The lowest BCUT2D eigenvalue weighted by atomic mass is 9.98. The van der Waals surface area contributed by atoms with Crippen LogP contribution in [-0.4, -0.2) is 46.7 Å². The Labute approximate surface area is 224 Å². The van der Waals surface area contributed by atoms with E-state index in [-0.39, 0.29) is 23.7 Å². The second kappa shape index (κ2) is 12.9. The normalized spacial score (nSPS) is 12.6. The Morgan fingerprint density at radius 2 is 1.74 bits per heavy atom. The number of para-hydroxylation sites is 1. The van der Waals surface area contributed by atoms with Crippen LogP contribution in [0.2, 0.25) is 0 Å². The maximum atomic E-state index is 13.8. The van der Waals surface area contributed by atoms with E-state index in [0.717, 1.165) is 4.90 Å². The van der Waals surface area contributed by atoms with Gasteiger partial charge in [0.05, 0.1) is 7.11 Å². The van der Waals surface area contributed by atoms with Crippen LogP contribution >= 0.6 is 0 Å². The maximum absolute atomic E-state index is 13.8. The number of benzene rings is 2. The Hall–Kier alpha value is -4.19. The van der Waals surface area contributed by atoms with Gasteiger partial charge in [0.25, 0.3) is 11.8 Å². The number of anilines is 1. The lowest BCUT2D eigenvalue weighted by Gasteiger charge is -2.31. The summed E-state index contributed by atoms with van der Waals surface area (Å²) in [4.78, 5) is 40.9. The van der Waals surface area contributed by atoms with Gasteiger partial charge in [-0.1, -0.05) is 38.5 Å². The molecule has 0 spiro atoms. The summed E-state index contributed by atoms with van der Waals surface area (Å²) < 4.78 is 10.5. The van der Waals surface area contributed by atoms with Gasteiger partial charge in [-0.3, -0.25) is 14.5 Å². The molecule has 0 heterocycles. The van der Waals surface area contributed by atoms with E-state index in [1.165, 1.54) is 13.2 Å². The van der Waals surface area contributed by atoms with Gasteiger partial charge >= 0.3 is 6.09 Å². The highest BCUT2D eigenvalue weighted by atomic mass is 16.6. The molecule has 0 aliphatic carbocycles. The largest absolute Gasteiger partial charge is 0.507 e. The third-order valence-electron chi connectivity index (χ3n) is 5.50. The number of amides is 3. The Balaban J connectivity index is 2.50. The van der Waals surface area contributed by atoms with Crippen LogP contribution in [0.25, 0.3) is 0 Å². The maximum Gasteiger partial charge on any atom is 0.408 e. The first-order valence-corrected chi connectivity index (χ1v) is 12.3. The number of terminal acetylenes is 1. The summed E-state index contributed by atoms with van der Waals surface area (Å²) in [6.45, 7) is 10.6. The molecule has 0 bridgehead atoms. The summed E-state index contributed by atoms with van der Waals surface area (Å²) >= 11 is 0. The zero-order valence-electron chi connectivity index (χ0n) is 23.0. The van der Waals surface area contributed by atoms with E-state index in [1.54, 1.807) is 64.1 Å². The predicted molar refractivity (Wildman–Crippen MR) is 146 cm³/mol. The minimum Gasteiger partial charge on any atom is -0.507 e. The average Bonchev–Trinajstić information content (AvgIpc) is 2.82. The molecule has 0 aliphatic rings. The first kappa shape index (κ1) is 30.0. The fourth-order valence-electron chi connectivity index (χ4n) is 3.76. The first-order chi connectivity index (χ1) is 17.8. The fraction of sp³-hybridized carbons (Fsp3) is 0.414. The van der Waals surface area contributed by atoms with E-state index >= 15 is 0 Å². The van der Waals surface area contributed by atoms with Crippen LogP contribution in [-0.2, 0) is 14.3 Å². The minimum absolute atomic E-state index is 0.00235. The molecular formula is C29H37N3O6. The van der Waals surface area contributed by atoms with E-state index in [0.29, 0.717) is 17.0 Å². The zero-order valence-corrected chi connectivity index (χ0v) is 23.0. The Kier molecular flexibility index (Phi) is 10.2. The van der Waals surface area contributed by atoms with Gasteiger partial charge < -0.3 is 25.2 Å². The number of hydrogen-bond acceptors (Lipinski definition) is 6. The molecule has 0 saturated heterocycles. The van der Waals surface area contributed by atoms with Crippen molar-refractivity contribution in [2.24, 2.45) is 5.92 Å². The minimum atomic E-state index is -1.40. The van der Waals surface area contributed by atoms with Crippen molar-refractivity contribution in [1.82, 2.24) is 10.2 Å². The first-order valence-electron chi connectivity index (χ1n) is 12.3. The van der Waals surface area contributed by atoms with Crippen molar-refractivity contribution in [3.63, 3.8) is 0 Å². The molecule has 2 unspecified atom stereocenters. The predicted octanol–water partition coefficient (Wildman–Crippen LogP) is 4.75. The second-order valence-electron chi connectivity index (χ2n) is 10.3. The molecule has 3 N–H and O–H groups in total. The third-order valence-corrected chi connectivity index (χ3v) is 5.50. The SMILES string of the molecule is C#CN(C(=O)C(CC(C)C)NC(=O)OC(C)(C)C)C(C(=O)Nc1ccc(OC)cc1)c1cccc(C)c1O. The number of aromatic hydroxyl groups is 1. The monoisotopic (exact) mass is 523 g/mol. The van der Waals surface area contributed by atoms with Crippen molar-refractivity contribution in [2.45, 2.75) is 65.6 Å².